The fraction of sp³-hybridized carbons (Fsp3) is 0.923. The average molecular weight is 325 g/mol. The van der Waals surface area contributed by atoms with E-state index in [0.29, 0.717) is 13.0 Å². The maximum Gasteiger partial charge on any atom is 0.227 e. The highest BCUT2D eigenvalue weighted by Gasteiger charge is 2.37. The molecule has 2 saturated heterocycles. The number of sulfone groups is 1. The normalized spacial score (nSPS) is 28.1. The number of hydrogen-bond donors (Lipinski definition) is 1. The lowest BCUT2D eigenvalue weighted by Gasteiger charge is -2.30. The SMILES string of the molecule is CCCCN(C(=O)C1CCNC1)C1CCS(=O)(=O)C1.Cl. The standard InChI is InChI=1S/C13H24N2O3S.ClH/c1-2-3-7-15(12-5-8-19(17,18)10-12)13(16)11-4-6-14-9-11;/h11-12,14H,2-10H2,1H3;1H. The molecule has 118 valence electrons. The summed E-state index contributed by atoms with van der Waals surface area (Å²) in [4.78, 5) is 14.4. The minimum absolute atomic E-state index is 0. The lowest BCUT2D eigenvalue weighted by molar-refractivity contribution is -0.136. The Labute approximate surface area is 127 Å². The molecule has 0 saturated carbocycles. The van der Waals surface area contributed by atoms with Crippen molar-refractivity contribution in [3.8, 4) is 0 Å². The van der Waals surface area contributed by atoms with Crippen LogP contribution in [0, 0.1) is 5.92 Å². The molecule has 0 spiro atoms. The Morgan fingerprint density at radius 1 is 1.35 bits per heavy atom. The quantitative estimate of drug-likeness (QED) is 0.813. The van der Waals surface area contributed by atoms with Gasteiger partial charge in [0.1, 0.15) is 0 Å². The highest BCUT2D eigenvalue weighted by Crippen LogP contribution is 2.22. The molecule has 0 aromatic heterocycles. The van der Waals surface area contributed by atoms with E-state index >= 15 is 0 Å². The first kappa shape index (κ1) is 17.7. The summed E-state index contributed by atoms with van der Waals surface area (Å²) in [6.07, 6.45) is 3.45. The molecule has 20 heavy (non-hydrogen) atoms. The molecule has 0 bridgehead atoms. The molecule has 2 aliphatic rings. The van der Waals surface area contributed by atoms with Gasteiger partial charge in [0.15, 0.2) is 9.84 Å². The fourth-order valence-electron chi connectivity index (χ4n) is 2.92. The molecule has 0 aliphatic carbocycles. The van der Waals surface area contributed by atoms with Crippen molar-refractivity contribution in [3.63, 3.8) is 0 Å². The molecular weight excluding hydrogens is 300 g/mol. The van der Waals surface area contributed by atoms with E-state index in [4.69, 9.17) is 0 Å². The number of nitrogens with one attached hydrogen (secondary N) is 1. The van der Waals surface area contributed by atoms with Crippen LogP contribution in [0.2, 0.25) is 0 Å². The van der Waals surface area contributed by atoms with Crippen molar-refractivity contribution in [3.05, 3.63) is 0 Å². The van der Waals surface area contributed by atoms with Gasteiger partial charge in [0.05, 0.1) is 17.4 Å². The van der Waals surface area contributed by atoms with Crippen molar-refractivity contribution < 1.29 is 13.2 Å². The average Bonchev–Trinajstić information content (AvgIpc) is 2.99. The van der Waals surface area contributed by atoms with E-state index < -0.39 is 9.84 Å². The summed E-state index contributed by atoms with van der Waals surface area (Å²) in [5.41, 5.74) is 0. The number of unbranched alkanes of at least 4 members (excludes halogenated alkanes) is 1. The van der Waals surface area contributed by atoms with Gasteiger partial charge < -0.3 is 10.2 Å². The van der Waals surface area contributed by atoms with Crippen molar-refractivity contribution in [2.75, 3.05) is 31.1 Å². The van der Waals surface area contributed by atoms with Gasteiger partial charge in [-0.3, -0.25) is 4.79 Å². The Hall–Kier alpha value is -0.330. The van der Waals surface area contributed by atoms with Gasteiger partial charge in [0.2, 0.25) is 5.91 Å². The van der Waals surface area contributed by atoms with Crippen LogP contribution >= 0.6 is 12.4 Å². The van der Waals surface area contributed by atoms with Crippen molar-refractivity contribution in [2.45, 2.75) is 38.6 Å². The van der Waals surface area contributed by atoms with Gasteiger partial charge in [0.25, 0.3) is 0 Å². The summed E-state index contributed by atoms with van der Waals surface area (Å²) in [6, 6.07) is -0.0929. The number of carbonyl (C=O) groups excluding carboxylic acids is 1. The molecule has 1 amide bonds. The highest BCUT2D eigenvalue weighted by atomic mass is 35.5. The topological polar surface area (TPSA) is 66.5 Å². The maximum absolute atomic E-state index is 12.5. The van der Waals surface area contributed by atoms with E-state index in [1.807, 2.05) is 4.90 Å². The number of halogens is 1. The van der Waals surface area contributed by atoms with Crippen molar-refractivity contribution in [1.82, 2.24) is 10.2 Å². The number of hydrogen-bond acceptors (Lipinski definition) is 4. The molecule has 0 aromatic rings. The van der Waals surface area contributed by atoms with E-state index in [1.165, 1.54) is 0 Å². The second-order valence-electron chi connectivity index (χ2n) is 5.63. The fourth-order valence-corrected chi connectivity index (χ4v) is 4.65. The molecule has 2 unspecified atom stereocenters. The lowest BCUT2D eigenvalue weighted by Crippen LogP contribution is -2.45. The zero-order valence-corrected chi connectivity index (χ0v) is 13.6. The van der Waals surface area contributed by atoms with Crippen LogP contribution in [0.1, 0.15) is 32.6 Å². The van der Waals surface area contributed by atoms with Gasteiger partial charge in [-0.1, -0.05) is 13.3 Å². The molecule has 2 atom stereocenters. The first-order chi connectivity index (χ1) is 9.03. The van der Waals surface area contributed by atoms with Gasteiger partial charge in [-0.15, -0.1) is 12.4 Å². The van der Waals surface area contributed by atoms with Crippen LogP contribution in [-0.4, -0.2) is 56.4 Å². The Morgan fingerprint density at radius 2 is 2.10 bits per heavy atom. The van der Waals surface area contributed by atoms with Crippen LogP contribution in [0.4, 0.5) is 0 Å². The summed E-state index contributed by atoms with van der Waals surface area (Å²) in [5, 5.41) is 3.21. The first-order valence-corrected chi connectivity index (χ1v) is 9.07. The molecule has 5 nitrogen and oxygen atoms in total. The third-order valence-corrected chi connectivity index (χ3v) is 5.84. The molecule has 0 aromatic carbocycles. The minimum Gasteiger partial charge on any atom is -0.338 e. The summed E-state index contributed by atoms with van der Waals surface area (Å²) in [5.74, 6) is 0.583. The monoisotopic (exact) mass is 324 g/mol. The Balaban J connectivity index is 0.00000200. The van der Waals surface area contributed by atoms with Crippen molar-refractivity contribution in [1.29, 1.82) is 0 Å². The third-order valence-electron chi connectivity index (χ3n) is 4.09. The van der Waals surface area contributed by atoms with Gasteiger partial charge in [0, 0.05) is 19.1 Å². The largest absolute Gasteiger partial charge is 0.338 e. The summed E-state index contributed by atoms with van der Waals surface area (Å²) >= 11 is 0. The van der Waals surface area contributed by atoms with E-state index in [0.717, 1.165) is 32.4 Å². The minimum atomic E-state index is -2.93. The zero-order valence-electron chi connectivity index (χ0n) is 12.0. The molecular formula is C13H25ClN2O3S. The summed E-state index contributed by atoms with van der Waals surface area (Å²) in [6.45, 7) is 4.42. The van der Waals surface area contributed by atoms with Gasteiger partial charge in [-0.05, 0) is 25.8 Å². The van der Waals surface area contributed by atoms with Crippen LogP contribution in [0.25, 0.3) is 0 Å². The number of amides is 1. The Bertz CT molecular complexity index is 421. The van der Waals surface area contributed by atoms with Gasteiger partial charge >= 0.3 is 0 Å². The predicted octanol–water partition coefficient (Wildman–Crippen LogP) is 0.833. The molecule has 2 fully saturated rings. The predicted molar refractivity (Wildman–Crippen MR) is 81.9 cm³/mol. The smallest absolute Gasteiger partial charge is 0.227 e. The lowest BCUT2D eigenvalue weighted by atomic mass is 10.0. The zero-order chi connectivity index (χ0) is 13.9. The van der Waals surface area contributed by atoms with Gasteiger partial charge in [-0.25, -0.2) is 8.42 Å². The van der Waals surface area contributed by atoms with Crippen LogP contribution in [0.15, 0.2) is 0 Å². The second-order valence-corrected chi connectivity index (χ2v) is 7.86. The van der Waals surface area contributed by atoms with Crippen LogP contribution in [0.5, 0.6) is 0 Å². The van der Waals surface area contributed by atoms with Crippen molar-refractivity contribution >= 4 is 28.2 Å². The van der Waals surface area contributed by atoms with Gasteiger partial charge in [-0.2, -0.15) is 0 Å². The second kappa shape index (κ2) is 7.61. The number of nitrogens with zero attached hydrogens (tertiary/aromatic N) is 1. The highest BCUT2D eigenvalue weighted by molar-refractivity contribution is 7.91. The summed E-state index contributed by atoms with van der Waals surface area (Å²) < 4.78 is 23.2. The maximum atomic E-state index is 12.5. The summed E-state index contributed by atoms with van der Waals surface area (Å²) in [7, 11) is -2.93. The molecule has 0 radical (unpaired) electrons. The van der Waals surface area contributed by atoms with E-state index in [1.54, 1.807) is 0 Å². The molecule has 2 heterocycles. The van der Waals surface area contributed by atoms with E-state index in [-0.39, 0.29) is 41.8 Å². The molecule has 1 N–H and O–H groups in total. The Kier molecular flexibility index (Phi) is 6.75. The van der Waals surface area contributed by atoms with Crippen molar-refractivity contribution in [2.24, 2.45) is 5.92 Å². The number of carbonyl (C=O) groups is 1. The molecule has 7 heteroatoms. The first-order valence-electron chi connectivity index (χ1n) is 7.25. The Morgan fingerprint density at radius 3 is 2.60 bits per heavy atom. The van der Waals surface area contributed by atoms with Crippen LogP contribution in [-0.2, 0) is 14.6 Å². The molecule has 2 aliphatic heterocycles. The number of rotatable bonds is 5. The van der Waals surface area contributed by atoms with E-state index in [9.17, 15) is 13.2 Å². The van der Waals surface area contributed by atoms with Crippen LogP contribution in [0.3, 0.4) is 0 Å². The van der Waals surface area contributed by atoms with Crippen LogP contribution < -0.4 is 5.32 Å². The third kappa shape index (κ3) is 4.33. The van der Waals surface area contributed by atoms with E-state index in [2.05, 4.69) is 12.2 Å². The molecule has 2 rings (SSSR count).